The molecule has 1 saturated heterocycles. The van der Waals surface area contributed by atoms with Crippen molar-refractivity contribution < 1.29 is 18.7 Å². The van der Waals surface area contributed by atoms with E-state index in [0.29, 0.717) is 29.8 Å². The van der Waals surface area contributed by atoms with Crippen LogP contribution in [-0.2, 0) is 22.4 Å². The lowest BCUT2D eigenvalue weighted by Gasteiger charge is -2.27. The molecule has 2 amide bonds. The fourth-order valence-corrected chi connectivity index (χ4v) is 5.24. The van der Waals surface area contributed by atoms with E-state index in [2.05, 4.69) is 11.4 Å². The fourth-order valence-electron chi connectivity index (χ4n) is 3.97. The van der Waals surface area contributed by atoms with Gasteiger partial charge >= 0.3 is 6.09 Å². The van der Waals surface area contributed by atoms with Crippen LogP contribution >= 0.6 is 11.3 Å². The Labute approximate surface area is 178 Å². The van der Waals surface area contributed by atoms with E-state index >= 15 is 0 Å². The van der Waals surface area contributed by atoms with Gasteiger partial charge in [0.25, 0.3) is 0 Å². The molecule has 2 aliphatic rings. The van der Waals surface area contributed by atoms with Gasteiger partial charge in [0, 0.05) is 35.5 Å². The predicted molar refractivity (Wildman–Crippen MR) is 113 cm³/mol. The Morgan fingerprint density at radius 3 is 3.00 bits per heavy atom. The van der Waals surface area contributed by atoms with Gasteiger partial charge in [-0.2, -0.15) is 5.26 Å². The van der Waals surface area contributed by atoms with Crippen LogP contribution in [0.3, 0.4) is 0 Å². The standard InChI is InChI=1S/C22H23N3O4S/c1-14-3-2-9-25(14)22(27)29-16-5-6-17-18(12-23)21(30-19(17)11-16)24-20(26)7-4-15-8-10-28-13-15/h4,7-8,10,13-14,16H,2-3,5-6,9,11H2,1H3,(H,24,26). The van der Waals surface area contributed by atoms with Crippen molar-refractivity contribution >= 4 is 34.4 Å². The normalized spacial score (nSPS) is 20.7. The third kappa shape index (κ3) is 4.26. The van der Waals surface area contributed by atoms with Crippen molar-refractivity contribution in [3.8, 4) is 6.07 Å². The summed E-state index contributed by atoms with van der Waals surface area (Å²) in [6, 6.07) is 4.20. The lowest BCUT2D eigenvalue weighted by molar-refractivity contribution is -0.111. The van der Waals surface area contributed by atoms with Crippen LogP contribution in [0.25, 0.3) is 6.08 Å². The zero-order chi connectivity index (χ0) is 21.1. The second kappa shape index (κ2) is 8.76. The van der Waals surface area contributed by atoms with Crippen LogP contribution in [0.2, 0.25) is 0 Å². The molecule has 0 spiro atoms. The summed E-state index contributed by atoms with van der Waals surface area (Å²) in [5.74, 6) is -0.308. The van der Waals surface area contributed by atoms with Crippen molar-refractivity contribution in [1.29, 1.82) is 5.26 Å². The number of likely N-dealkylation sites (tertiary alicyclic amines) is 1. The highest BCUT2D eigenvalue weighted by atomic mass is 32.1. The smallest absolute Gasteiger partial charge is 0.410 e. The molecular formula is C22H23N3O4S. The van der Waals surface area contributed by atoms with Gasteiger partial charge in [0.15, 0.2) is 0 Å². The minimum absolute atomic E-state index is 0.201. The van der Waals surface area contributed by atoms with Gasteiger partial charge in [-0.15, -0.1) is 11.3 Å². The Hall–Kier alpha value is -3.05. The van der Waals surface area contributed by atoms with Gasteiger partial charge in [0.05, 0.1) is 18.1 Å². The Balaban J connectivity index is 1.42. The number of fused-ring (bicyclic) bond motifs is 1. The number of nitrogens with one attached hydrogen (secondary N) is 1. The predicted octanol–water partition coefficient (Wildman–Crippen LogP) is 4.34. The van der Waals surface area contributed by atoms with Crippen LogP contribution in [0, 0.1) is 11.3 Å². The molecule has 1 aliphatic carbocycles. The van der Waals surface area contributed by atoms with E-state index in [1.54, 1.807) is 23.3 Å². The van der Waals surface area contributed by atoms with Crippen molar-refractivity contribution in [1.82, 2.24) is 4.90 Å². The monoisotopic (exact) mass is 425 g/mol. The number of hydrogen-bond donors (Lipinski definition) is 1. The molecule has 1 fully saturated rings. The minimum Gasteiger partial charge on any atom is -0.472 e. The molecule has 1 aliphatic heterocycles. The average molecular weight is 426 g/mol. The van der Waals surface area contributed by atoms with Gasteiger partial charge in [-0.3, -0.25) is 4.79 Å². The summed E-state index contributed by atoms with van der Waals surface area (Å²) >= 11 is 1.39. The maximum absolute atomic E-state index is 12.5. The topological polar surface area (TPSA) is 95.6 Å². The molecule has 2 aromatic rings. The van der Waals surface area contributed by atoms with E-state index in [9.17, 15) is 14.9 Å². The molecule has 156 valence electrons. The van der Waals surface area contributed by atoms with Gasteiger partial charge in [-0.05, 0) is 50.3 Å². The van der Waals surface area contributed by atoms with E-state index in [4.69, 9.17) is 9.15 Å². The minimum atomic E-state index is -0.308. The summed E-state index contributed by atoms with van der Waals surface area (Å²) in [6.07, 6.45) is 9.62. The number of rotatable bonds is 4. The number of anilines is 1. The van der Waals surface area contributed by atoms with Crippen molar-refractivity contribution in [2.75, 3.05) is 11.9 Å². The molecule has 2 unspecified atom stereocenters. The van der Waals surface area contributed by atoms with E-state index in [1.165, 1.54) is 23.7 Å². The zero-order valence-corrected chi connectivity index (χ0v) is 17.5. The maximum atomic E-state index is 12.5. The van der Waals surface area contributed by atoms with Crippen LogP contribution in [0.5, 0.6) is 0 Å². The number of carbonyl (C=O) groups is 2. The molecule has 7 nitrogen and oxygen atoms in total. The SMILES string of the molecule is CC1CCCN1C(=O)OC1CCc2c(sc(NC(=O)C=Cc3ccoc3)c2C#N)C1. The molecule has 3 heterocycles. The zero-order valence-electron chi connectivity index (χ0n) is 16.7. The Morgan fingerprint density at radius 1 is 1.43 bits per heavy atom. The number of hydrogen-bond acceptors (Lipinski definition) is 6. The number of amides is 2. The summed E-state index contributed by atoms with van der Waals surface area (Å²) in [6.45, 7) is 2.79. The van der Waals surface area contributed by atoms with Crippen molar-refractivity contribution in [2.45, 2.75) is 51.2 Å². The largest absolute Gasteiger partial charge is 0.472 e. The van der Waals surface area contributed by atoms with Crippen molar-refractivity contribution in [3.63, 3.8) is 0 Å². The molecule has 1 N–H and O–H groups in total. The number of nitriles is 1. The van der Waals surface area contributed by atoms with Crippen LogP contribution in [0.15, 0.2) is 29.1 Å². The summed E-state index contributed by atoms with van der Waals surface area (Å²) in [5, 5.41) is 13.0. The summed E-state index contributed by atoms with van der Waals surface area (Å²) in [4.78, 5) is 27.5. The molecule has 0 bridgehead atoms. The van der Waals surface area contributed by atoms with Crippen LogP contribution in [0.1, 0.15) is 47.8 Å². The van der Waals surface area contributed by atoms with Gasteiger partial charge < -0.3 is 19.4 Å². The highest BCUT2D eigenvalue weighted by molar-refractivity contribution is 7.16. The Kier molecular flexibility index (Phi) is 5.91. The lowest BCUT2D eigenvalue weighted by atomic mass is 9.94. The molecule has 0 radical (unpaired) electrons. The molecule has 8 heteroatoms. The van der Waals surface area contributed by atoms with E-state index in [1.807, 2.05) is 6.92 Å². The number of thiophene rings is 1. The summed E-state index contributed by atoms with van der Waals surface area (Å²) in [7, 11) is 0. The van der Waals surface area contributed by atoms with Crippen LogP contribution < -0.4 is 5.32 Å². The van der Waals surface area contributed by atoms with Crippen LogP contribution in [-0.4, -0.2) is 35.6 Å². The lowest BCUT2D eigenvalue weighted by Crippen LogP contribution is -2.37. The van der Waals surface area contributed by atoms with E-state index < -0.39 is 0 Å². The first-order chi connectivity index (χ1) is 14.5. The first-order valence-corrected chi connectivity index (χ1v) is 10.9. The third-order valence-corrected chi connectivity index (χ3v) is 6.76. The molecule has 0 aromatic carbocycles. The molecule has 4 rings (SSSR count). The van der Waals surface area contributed by atoms with E-state index in [0.717, 1.165) is 35.4 Å². The van der Waals surface area contributed by atoms with Crippen LogP contribution in [0.4, 0.5) is 9.80 Å². The van der Waals surface area contributed by atoms with Gasteiger partial charge in [0.1, 0.15) is 17.2 Å². The Morgan fingerprint density at radius 2 is 2.30 bits per heavy atom. The second-order valence-corrected chi connectivity index (χ2v) is 8.74. The third-order valence-electron chi connectivity index (χ3n) is 5.59. The average Bonchev–Trinajstić information content (AvgIpc) is 3.45. The van der Waals surface area contributed by atoms with Gasteiger partial charge in [-0.25, -0.2) is 4.79 Å². The highest BCUT2D eigenvalue weighted by Crippen LogP contribution is 2.38. The fraction of sp³-hybridized carbons (Fsp3) is 0.409. The highest BCUT2D eigenvalue weighted by Gasteiger charge is 2.32. The molecular weight excluding hydrogens is 402 g/mol. The van der Waals surface area contributed by atoms with E-state index in [-0.39, 0.29) is 24.1 Å². The number of nitrogens with zero attached hydrogens (tertiary/aromatic N) is 2. The number of carbonyl (C=O) groups excluding carboxylic acids is 2. The van der Waals surface area contributed by atoms with Crippen molar-refractivity contribution in [2.24, 2.45) is 0 Å². The number of furan rings is 1. The molecule has 2 aromatic heterocycles. The summed E-state index contributed by atoms with van der Waals surface area (Å²) < 4.78 is 10.7. The first kappa shape index (κ1) is 20.2. The van der Waals surface area contributed by atoms with Gasteiger partial charge in [0.2, 0.25) is 5.91 Å². The first-order valence-electron chi connectivity index (χ1n) is 10.1. The second-order valence-electron chi connectivity index (χ2n) is 7.63. The Bertz CT molecular complexity index is 1000. The molecule has 30 heavy (non-hydrogen) atoms. The maximum Gasteiger partial charge on any atom is 0.410 e. The molecule has 2 atom stereocenters. The summed E-state index contributed by atoms with van der Waals surface area (Å²) in [5.41, 5.74) is 2.25. The van der Waals surface area contributed by atoms with Gasteiger partial charge in [-0.1, -0.05) is 0 Å². The quantitative estimate of drug-likeness (QED) is 0.735. The molecule has 0 saturated carbocycles. The number of ether oxygens (including phenoxy) is 1. The van der Waals surface area contributed by atoms with Crippen molar-refractivity contribution in [3.05, 3.63) is 46.2 Å².